The molecule has 1 unspecified atom stereocenters. The van der Waals surface area contributed by atoms with Crippen molar-refractivity contribution in [2.45, 2.75) is 6.04 Å². The number of amides is 1. The van der Waals surface area contributed by atoms with Crippen molar-refractivity contribution in [1.82, 2.24) is 0 Å². The molecule has 1 aliphatic rings. The second kappa shape index (κ2) is 7.00. The number of hydrogen-bond donors (Lipinski definition) is 1. The van der Waals surface area contributed by atoms with Gasteiger partial charge < -0.3 is 5.11 Å². The number of carbonyl (C=O) groups excluding carboxylic acids is 1. The van der Waals surface area contributed by atoms with Crippen molar-refractivity contribution >= 4 is 33.1 Å². The number of rotatable bonds is 3. The predicted octanol–water partition coefficient (Wildman–Crippen LogP) is 5.65. The molecule has 1 heterocycles. The van der Waals surface area contributed by atoms with Crippen molar-refractivity contribution in [2.75, 3.05) is 4.90 Å². The van der Waals surface area contributed by atoms with Crippen molar-refractivity contribution in [2.24, 2.45) is 0 Å². The average Bonchev–Trinajstić information content (AvgIpc) is 2.95. The van der Waals surface area contributed by atoms with Crippen molar-refractivity contribution in [3.05, 3.63) is 106 Å². The molecule has 3 nitrogen and oxygen atoms in total. The highest BCUT2D eigenvalue weighted by atomic mass is 79.9. The number of nitrogens with zero attached hydrogens (tertiary/aromatic N) is 1. The lowest BCUT2D eigenvalue weighted by Crippen LogP contribution is -2.30. The number of aliphatic hydroxyl groups is 1. The summed E-state index contributed by atoms with van der Waals surface area (Å²) in [6, 6.07) is 22.1. The highest BCUT2D eigenvalue weighted by Crippen LogP contribution is 2.45. The van der Waals surface area contributed by atoms with Gasteiger partial charge in [0.25, 0.3) is 5.91 Å². The van der Waals surface area contributed by atoms with Crippen LogP contribution in [0, 0.1) is 5.82 Å². The van der Waals surface area contributed by atoms with Gasteiger partial charge in [-0.1, -0.05) is 58.4 Å². The summed E-state index contributed by atoms with van der Waals surface area (Å²) in [6.45, 7) is 0. The Bertz CT molecular complexity index is 1010. The first-order valence-electron chi connectivity index (χ1n) is 8.39. The standard InChI is InChI=1S/C22H15BrFNO2/c23-16-8-6-15(7-9-16)20-19(14-4-2-1-3-5-14)21(26)22(27)25(20)18-12-10-17(24)11-13-18/h1-13,20,26H. The van der Waals surface area contributed by atoms with E-state index in [1.54, 1.807) is 12.1 Å². The highest BCUT2D eigenvalue weighted by Gasteiger charge is 2.41. The summed E-state index contributed by atoms with van der Waals surface area (Å²) in [5.41, 5.74) is 2.67. The first-order valence-corrected chi connectivity index (χ1v) is 9.18. The van der Waals surface area contributed by atoms with Crippen LogP contribution in [0.1, 0.15) is 17.2 Å². The molecule has 0 fully saturated rings. The smallest absolute Gasteiger partial charge is 0.294 e. The zero-order valence-electron chi connectivity index (χ0n) is 14.1. The van der Waals surface area contributed by atoms with E-state index >= 15 is 0 Å². The zero-order valence-corrected chi connectivity index (χ0v) is 15.7. The quantitative estimate of drug-likeness (QED) is 0.591. The van der Waals surface area contributed by atoms with Crippen LogP contribution >= 0.6 is 15.9 Å². The molecule has 1 aliphatic heterocycles. The van der Waals surface area contributed by atoms with Crippen LogP contribution in [0.25, 0.3) is 5.57 Å². The summed E-state index contributed by atoms with van der Waals surface area (Å²) < 4.78 is 14.3. The average molecular weight is 424 g/mol. The maximum Gasteiger partial charge on any atom is 0.294 e. The molecule has 3 aromatic rings. The molecular weight excluding hydrogens is 409 g/mol. The van der Waals surface area contributed by atoms with Crippen molar-refractivity contribution in [3.8, 4) is 0 Å². The fourth-order valence-corrected chi connectivity index (χ4v) is 3.61. The number of carbonyl (C=O) groups is 1. The largest absolute Gasteiger partial charge is 0.503 e. The van der Waals surface area contributed by atoms with Crippen LogP contribution in [0.3, 0.4) is 0 Å². The van der Waals surface area contributed by atoms with Gasteiger partial charge in [0.2, 0.25) is 0 Å². The summed E-state index contributed by atoms with van der Waals surface area (Å²) in [5.74, 6) is -1.18. The van der Waals surface area contributed by atoms with E-state index in [1.165, 1.54) is 17.0 Å². The minimum atomic E-state index is -0.515. The SMILES string of the molecule is O=C1C(O)=C(c2ccccc2)C(c2ccc(Br)cc2)N1c1ccc(F)cc1. The number of benzene rings is 3. The second-order valence-corrected chi connectivity index (χ2v) is 7.15. The third-order valence-corrected chi connectivity index (χ3v) is 5.11. The maximum absolute atomic E-state index is 13.4. The molecule has 134 valence electrons. The van der Waals surface area contributed by atoms with Crippen LogP contribution in [-0.2, 0) is 4.79 Å². The lowest BCUT2D eigenvalue weighted by Gasteiger charge is -2.27. The summed E-state index contributed by atoms with van der Waals surface area (Å²) in [4.78, 5) is 14.4. The van der Waals surface area contributed by atoms with Gasteiger partial charge in [-0.2, -0.15) is 0 Å². The Morgan fingerprint density at radius 1 is 0.889 bits per heavy atom. The summed E-state index contributed by atoms with van der Waals surface area (Å²) in [6.07, 6.45) is 0. The molecule has 5 heteroatoms. The number of anilines is 1. The van der Waals surface area contributed by atoms with Gasteiger partial charge in [0.05, 0.1) is 6.04 Å². The van der Waals surface area contributed by atoms with E-state index in [1.807, 2.05) is 54.6 Å². The number of aliphatic hydroxyl groups excluding tert-OH is 1. The molecule has 1 amide bonds. The minimum absolute atomic E-state index is 0.293. The normalized spacial score (nSPS) is 16.9. The molecule has 0 spiro atoms. The maximum atomic E-state index is 13.4. The molecule has 0 bridgehead atoms. The second-order valence-electron chi connectivity index (χ2n) is 6.23. The Hall–Kier alpha value is -2.92. The van der Waals surface area contributed by atoms with Crippen LogP contribution < -0.4 is 4.90 Å². The van der Waals surface area contributed by atoms with Crippen LogP contribution in [0.4, 0.5) is 10.1 Å². The lowest BCUT2D eigenvalue weighted by atomic mass is 9.93. The lowest BCUT2D eigenvalue weighted by molar-refractivity contribution is -0.117. The molecule has 0 radical (unpaired) electrons. The number of halogens is 2. The molecule has 0 aliphatic carbocycles. The topological polar surface area (TPSA) is 40.5 Å². The van der Waals surface area contributed by atoms with Gasteiger partial charge >= 0.3 is 0 Å². The van der Waals surface area contributed by atoms with E-state index in [-0.39, 0.29) is 11.6 Å². The Kier molecular flexibility index (Phi) is 4.54. The Morgan fingerprint density at radius 3 is 2.15 bits per heavy atom. The van der Waals surface area contributed by atoms with Crippen molar-refractivity contribution in [3.63, 3.8) is 0 Å². The van der Waals surface area contributed by atoms with Gasteiger partial charge in [-0.05, 0) is 47.5 Å². The van der Waals surface area contributed by atoms with Gasteiger partial charge in [0.1, 0.15) is 5.82 Å². The van der Waals surface area contributed by atoms with Crippen LogP contribution in [0.2, 0.25) is 0 Å². The zero-order chi connectivity index (χ0) is 19.0. The fourth-order valence-electron chi connectivity index (χ4n) is 3.35. The summed E-state index contributed by atoms with van der Waals surface area (Å²) >= 11 is 3.42. The highest BCUT2D eigenvalue weighted by molar-refractivity contribution is 9.10. The summed E-state index contributed by atoms with van der Waals surface area (Å²) in [7, 11) is 0. The van der Waals surface area contributed by atoms with Gasteiger partial charge in [0, 0.05) is 15.7 Å². The Labute approximate surface area is 164 Å². The molecule has 0 aromatic heterocycles. The van der Waals surface area contributed by atoms with Crippen LogP contribution in [0.5, 0.6) is 0 Å². The molecule has 27 heavy (non-hydrogen) atoms. The van der Waals surface area contributed by atoms with Gasteiger partial charge in [-0.3, -0.25) is 9.69 Å². The van der Waals surface area contributed by atoms with Crippen molar-refractivity contribution in [1.29, 1.82) is 0 Å². The molecule has 0 saturated heterocycles. The Morgan fingerprint density at radius 2 is 1.52 bits per heavy atom. The van der Waals surface area contributed by atoms with E-state index in [0.717, 1.165) is 15.6 Å². The van der Waals surface area contributed by atoms with Crippen LogP contribution in [0.15, 0.2) is 89.1 Å². The molecule has 3 aromatic carbocycles. The molecule has 1 atom stereocenters. The van der Waals surface area contributed by atoms with E-state index in [2.05, 4.69) is 15.9 Å². The van der Waals surface area contributed by atoms with Crippen molar-refractivity contribution < 1.29 is 14.3 Å². The van der Waals surface area contributed by atoms with Crippen LogP contribution in [-0.4, -0.2) is 11.0 Å². The minimum Gasteiger partial charge on any atom is -0.503 e. The van der Waals surface area contributed by atoms with E-state index in [4.69, 9.17) is 0 Å². The molecule has 4 rings (SSSR count). The van der Waals surface area contributed by atoms with Gasteiger partial charge in [-0.15, -0.1) is 0 Å². The number of hydrogen-bond acceptors (Lipinski definition) is 2. The Balaban J connectivity index is 1.90. The van der Waals surface area contributed by atoms with Gasteiger partial charge in [-0.25, -0.2) is 4.39 Å². The third-order valence-electron chi connectivity index (χ3n) is 4.58. The molecule has 1 N–H and O–H groups in total. The van der Waals surface area contributed by atoms with Gasteiger partial charge in [0.15, 0.2) is 5.76 Å². The summed E-state index contributed by atoms with van der Waals surface area (Å²) in [5, 5.41) is 10.7. The molecular formula is C22H15BrFNO2. The molecule has 0 saturated carbocycles. The third kappa shape index (κ3) is 3.15. The fraction of sp³-hybridized carbons (Fsp3) is 0.0455. The monoisotopic (exact) mass is 423 g/mol. The van der Waals surface area contributed by atoms with E-state index in [9.17, 15) is 14.3 Å². The van der Waals surface area contributed by atoms with E-state index in [0.29, 0.717) is 11.3 Å². The predicted molar refractivity (Wildman–Crippen MR) is 107 cm³/mol. The first-order chi connectivity index (χ1) is 13.1. The first kappa shape index (κ1) is 17.5. The van der Waals surface area contributed by atoms with E-state index < -0.39 is 11.9 Å².